The third kappa shape index (κ3) is 2.68. The summed E-state index contributed by atoms with van der Waals surface area (Å²) >= 11 is 1.79. The highest BCUT2D eigenvalue weighted by Gasteiger charge is 2.11. The highest BCUT2D eigenvalue weighted by atomic mass is 32.1. The first kappa shape index (κ1) is 11.3. The zero-order chi connectivity index (χ0) is 11.4. The monoisotopic (exact) mass is 232 g/mol. The van der Waals surface area contributed by atoms with Crippen molar-refractivity contribution < 1.29 is 0 Å². The molecule has 84 valence electrons. The molecule has 0 aromatic carbocycles. The fourth-order valence-corrected chi connectivity index (χ4v) is 2.49. The molecule has 0 saturated heterocycles. The first-order valence-corrected chi connectivity index (χ1v) is 6.34. The van der Waals surface area contributed by atoms with Gasteiger partial charge in [0.05, 0.1) is 0 Å². The lowest BCUT2D eigenvalue weighted by Gasteiger charge is -2.19. The molecule has 0 radical (unpaired) electrons. The van der Waals surface area contributed by atoms with Crippen molar-refractivity contribution in [2.24, 2.45) is 0 Å². The van der Waals surface area contributed by atoms with Crippen LogP contribution in [0.25, 0.3) is 0 Å². The van der Waals surface area contributed by atoms with Crippen molar-refractivity contribution in [1.82, 2.24) is 10.3 Å². The van der Waals surface area contributed by atoms with Crippen LogP contribution in [0.4, 0.5) is 0 Å². The molecule has 2 rings (SSSR count). The van der Waals surface area contributed by atoms with Gasteiger partial charge in [-0.1, -0.05) is 6.07 Å². The Morgan fingerprint density at radius 2 is 1.88 bits per heavy atom. The summed E-state index contributed by atoms with van der Waals surface area (Å²) in [4.78, 5) is 5.41. The summed E-state index contributed by atoms with van der Waals surface area (Å²) in [7, 11) is 0. The first-order chi connectivity index (χ1) is 7.77. The zero-order valence-electron chi connectivity index (χ0n) is 9.55. The largest absolute Gasteiger partial charge is 0.303 e. The topological polar surface area (TPSA) is 24.9 Å². The molecule has 2 aromatic rings. The van der Waals surface area contributed by atoms with Crippen molar-refractivity contribution in [1.29, 1.82) is 0 Å². The van der Waals surface area contributed by atoms with Gasteiger partial charge in [-0.15, -0.1) is 11.3 Å². The van der Waals surface area contributed by atoms with E-state index in [0.717, 1.165) is 0 Å². The Morgan fingerprint density at radius 1 is 1.12 bits per heavy atom. The van der Waals surface area contributed by atoms with E-state index in [1.807, 2.05) is 12.4 Å². The van der Waals surface area contributed by atoms with Crippen LogP contribution in [-0.2, 0) is 0 Å². The average molecular weight is 232 g/mol. The zero-order valence-corrected chi connectivity index (χ0v) is 10.4. The van der Waals surface area contributed by atoms with E-state index in [0.29, 0.717) is 12.1 Å². The highest BCUT2D eigenvalue weighted by molar-refractivity contribution is 7.10. The quantitative estimate of drug-likeness (QED) is 0.872. The second kappa shape index (κ2) is 5.23. The van der Waals surface area contributed by atoms with Crippen molar-refractivity contribution in [2.45, 2.75) is 25.9 Å². The van der Waals surface area contributed by atoms with Gasteiger partial charge in [0.1, 0.15) is 0 Å². The molecule has 0 spiro atoms. The lowest BCUT2D eigenvalue weighted by molar-refractivity contribution is 0.500. The number of thiophene rings is 1. The van der Waals surface area contributed by atoms with Crippen molar-refractivity contribution in [3.63, 3.8) is 0 Å². The number of pyridine rings is 1. The number of hydrogen-bond donors (Lipinski definition) is 1. The summed E-state index contributed by atoms with van der Waals surface area (Å²) in [6, 6.07) is 9.11. The van der Waals surface area contributed by atoms with E-state index in [4.69, 9.17) is 0 Å². The standard InChI is InChI=1S/C13H16N2S/c1-10(12-5-7-14-8-6-12)15-11(2)13-4-3-9-16-13/h3-11,15H,1-2H3/t10-,11?/m0/s1. The SMILES string of the molecule is CC(N[C@@H](C)c1ccncc1)c1cccs1. The average Bonchev–Trinajstić information content (AvgIpc) is 2.83. The molecule has 2 nitrogen and oxygen atoms in total. The molecule has 16 heavy (non-hydrogen) atoms. The number of rotatable bonds is 4. The van der Waals surface area contributed by atoms with Crippen LogP contribution in [0.3, 0.4) is 0 Å². The second-order valence-corrected chi connectivity index (χ2v) is 4.89. The third-order valence-electron chi connectivity index (χ3n) is 2.68. The van der Waals surface area contributed by atoms with Crippen LogP contribution in [-0.4, -0.2) is 4.98 Å². The predicted molar refractivity (Wildman–Crippen MR) is 68.5 cm³/mol. The van der Waals surface area contributed by atoms with Gasteiger partial charge < -0.3 is 5.32 Å². The molecule has 3 heteroatoms. The Morgan fingerprint density at radius 3 is 2.50 bits per heavy atom. The molecule has 2 heterocycles. The molecule has 0 aliphatic heterocycles. The van der Waals surface area contributed by atoms with Gasteiger partial charge in [0.25, 0.3) is 0 Å². The summed E-state index contributed by atoms with van der Waals surface area (Å²) < 4.78 is 0. The van der Waals surface area contributed by atoms with Crippen LogP contribution in [0.1, 0.15) is 36.4 Å². The Bertz CT molecular complexity index is 411. The van der Waals surface area contributed by atoms with E-state index in [1.165, 1.54) is 10.4 Å². The van der Waals surface area contributed by atoms with E-state index in [-0.39, 0.29) is 0 Å². The van der Waals surface area contributed by atoms with Gasteiger partial charge in [-0.05, 0) is 43.0 Å². The molecule has 2 atom stereocenters. The van der Waals surface area contributed by atoms with Gasteiger partial charge in [0, 0.05) is 29.4 Å². The minimum Gasteiger partial charge on any atom is -0.303 e. The first-order valence-electron chi connectivity index (χ1n) is 5.46. The lowest BCUT2D eigenvalue weighted by Crippen LogP contribution is -2.21. The van der Waals surface area contributed by atoms with Crippen LogP contribution in [0.15, 0.2) is 42.0 Å². The van der Waals surface area contributed by atoms with Crippen LogP contribution < -0.4 is 5.32 Å². The fraction of sp³-hybridized carbons (Fsp3) is 0.308. The summed E-state index contributed by atoms with van der Waals surface area (Å²) in [5, 5.41) is 5.70. The maximum Gasteiger partial charge on any atom is 0.0391 e. The molecule has 0 bridgehead atoms. The van der Waals surface area contributed by atoms with Gasteiger partial charge in [-0.3, -0.25) is 4.98 Å². The smallest absolute Gasteiger partial charge is 0.0391 e. The molecule has 0 aliphatic carbocycles. The van der Waals surface area contributed by atoms with Gasteiger partial charge in [-0.25, -0.2) is 0 Å². The van der Waals surface area contributed by atoms with Gasteiger partial charge >= 0.3 is 0 Å². The summed E-state index contributed by atoms with van der Waals surface area (Å²) in [6.45, 7) is 4.38. The van der Waals surface area contributed by atoms with Crippen LogP contribution in [0.2, 0.25) is 0 Å². The molecule has 1 unspecified atom stereocenters. The minimum absolute atomic E-state index is 0.347. The lowest BCUT2D eigenvalue weighted by atomic mass is 10.1. The molecule has 0 fully saturated rings. The number of aromatic nitrogens is 1. The van der Waals surface area contributed by atoms with E-state index < -0.39 is 0 Å². The van der Waals surface area contributed by atoms with Gasteiger partial charge in [0.15, 0.2) is 0 Å². The summed E-state index contributed by atoms with van der Waals surface area (Å²) in [5.41, 5.74) is 1.28. The maximum atomic E-state index is 4.03. The Labute approximate surface area is 100 Å². The molecule has 1 N–H and O–H groups in total. The number of hydrogen-bond acceptors (Lipinski definition) is 3. The molecule has 0 amide bonds. The molecule has 0 saturated carbocycles. The van der Waals surface area contributed by atoms with Crippen LogP contribution in [0.5, 0.6) is 0 Å². The maximum absolute atomic E-state index is 4.03. The normalized spacial score (nSPS) is 14.6. The van der Waals surface area contributed by atoms with Gasteiger partial charge in [-0.2, -0.15) is 0 Å². The van der Waals surface area contributed by atoms with Crippen molar-refractivity contribution in [3.05, 3.63) is 52.5 Å². The molecule has 2 aromatic heterocycles. The highest BCUT2D eigenvalue weighted by Crippen LogP contribution is 2.22. The number of nitrogens with one attached hydrogen (secondary N) is 1. The van der Waals surface area contributed by atoms with Gasteiger partial charge in [0.2, 0.25) is 0 Å². The second-order valence-electron chi connectivity index (χ2n) is 3.91. The van der Waals surface area contributed by atoms with E-state index in [9.17, 15) is 0 Å². The number of nitrogens with zero attached hydrogens (tertiary/aromatic N) is 1. The van der Waals surface area contributed by atoms with Crippen molar-refractivity contribution >= 4 is 11.3 Å². The Balaban J connectivity index is 2.00. The summed E-state index contributed by atoms with van der Waals surface area (Å²) in [6.07, 6.45) is 3.67. The predicted octanol–water partition coefficient (Wildman–Crippen LogP) is 3.55. The van der Waals surface area contributed by atoms with Crippen molar-refractivity contribution in [3.8, 4) is 0 Å². The van der Waals surface area contributed by atoms with E-state index in [1.54, 1.807) is 11.3 Å². The van der Waals surface area contributed by atoms with Crippen LogP contribution >= 0.6 is 11.3 Å². The van der Waals surface area contributed by atoms with Crippen molar-refractivity contribution in [2.75, 3.05) is 0 Å². The Kier molecular flexibility index (Phi) is 3.70. The molecular formula is C13H16N2S. The third-order valence-corrected chi connectivity index (χ3v) is 3.73. The Hall–Kier alpha value is -1.19. The van der Waals surface area contributed by atoms with E-state index in [2.05, 4.69) is 53.8 Å². The molecule has 0 aliphatic rings. The van der Waals surface area contributed by atoms with E-state index >= 15 is 0 Å². The van der Waals surface area contributed by atoms with Crippen LogP contribution in [0, 0.1) is 0 Å². The molecular weight excluding hydrogens is 216 g/mol. The fourth-order valence-electron chi connectivity index (χ4n) is 1.74. The summed E-state index contributed by atoms with van der Waals surface area (Å²) in [5.74, 6) is 0. The minimum atomic E-state index is 0.347.